The highest BCUT2D eigenvalue weighted by molar-refractivity contribution is 5.22. The average molecular weight is 301 g/mol. The normalized spacial score (nSPS) is 16.5. The standard InChI is InChI=1S/C15H19N5O2/c1-16-8-7-15(14-10-21-12-22-14,20-18-11-17-19-20)9-13-5-3-2-4-6-13/h2-6,10-11,16H,7-9,12H2,1H3. The van der Waals surface area contributed by atoms with Crippen LogP contribution < -0.4 is 5.32 Å². The number of ether oxygens (including phenoxy) is 2. The molecule has 0 saturated heterocycles. The van der Waals surface area contributed by atoms with Crippen molar-refractivity contribution in [2.45, 2.75) is 18.4 Å². The third kappa shape index (κ3) is 2.80. The molecule has 1 N–H and O–H groups in total. The Balaban J connectivity index is 2.01. The summed E-state index contributed by atoms with van der Waals surface area (Å²) < 4.78 is 11.0. The predicted octanol–water partition coefficient (Wildman–Crippen LogP) is 1.07. The summed E-state index contributed by atoms with van der Waals surface area (Å²) in [5.74, 6) is 0.726. The molecular formula is C15H19N5O2. The number of rotatable bonds is 7. The summed E-state index contributed by atoms with van der Waals surface area (Å²) in [5, 5.41) is 15.5. The molecule has 1 aliphatic rings. The largest absolute Gasteiger partial charge is 0.462 e. The van der Waals surface area contributed by atoms with E-state index in [0.29, 0.717) is 6.42 Å². The highest BCUT2D eigenvalue weighted by Crippen LogP contribution is 2.35. The van der Waals surface area contributed by atoms with Crippen molar-refractivity contribution in [2.24, 2.45) is 0 Å². The number of tetrazole rings is 1. The molecule has 0 amide bonds. The molecular weight excluding hydrogens is 282 g/mol. The SMILES string of the molecule is CNCCC(Cc1ccccc1)(C1=COCO1)n1ncnn1. The van der Waals surface area contributed by atoms with Gasteiger partial charge in [-0.25, -0.2) is 0 Å². The van der Waals surface area contributed by atoms with Crippen molar-refractivity contribution in [3.63, 3.8) is 0 Å². The zero-order valence-electron chi connectivity index (χ0n) is 12.5. The van der Waals surface area contributed by atoms with Crippen molar-refractivity contribution in [2.75, 3.05) is 20.4 Å². The van der Waals surface area contributed by atoms with Crippen LogP contribution in [0.4, 0.5) is 0 Å². The number of hydrogen-bond acceptors (Lipinski definition) is 6. The van der Waals surface area contributed by atoms with Crippen LogP contribution in [-0.4, -0.2) is 40.6 Å². The number of benzene rings is 1. The van der Waals surface area contributed by atoms with E-state index in [4.69, 9.17) is 9.47 Å². The summed E-state index contributed by atoms with van der Waals surface area (Å²) in [4.78, 5) is 1.62. The van der Waals surface area contributed by atoms with E-state index in [1.807, 2.05) is 25.2 Å². The molecule has 0 spiro atoms. The van der Waals surface area contributed by atoms with Gasteiger partial charge in [0.2, 0.25) is 6.79 Å². The van der Waals surface area contributed by atoms with Crippen molar-refractivity contribution in [1.29, 1.82) is 0 Å². The zero-order chi connectivity index (χ0) is 15.3. The van der Waals surface area contributed by atoms with E-state index < -0.39 is 5.54 Å². The predicted molar refractivity (Wildman–Crippen MR) is 79.6 cm³/mol. The second kappa shape index (κ2) is 6.57. The minimum atomic E-state index is -0.558. The monoisotopic (exact) mass is 301 g/mol. The molecule has 2 aromatic rings. The summed E-state index contributed by atoms with van der Waals surface area (Å²) in [6, 6.07) is 10.2. The summed E-state index contributed by atoms with van der Waals surface area (Å²) in [7, 11) is 1.92. The van der Waals surface area contributed by atoms with Gasteiger partial charge in [-0.3, -0.25) is 0 Å². The van der Waals surface area contributed by atoms with Gasteiger partial charge in [0.1, 0.15) is 11.8 Å². The molecule has 7 nitrogen and oxygen atoms in total. The number of nitrogens with one attached hydrogen (secondary N) is 1. The van der Waals surface area contributed by atoms with Crippen molar-refractivity contribution in [3.05, 3.63) is 54.2 Å². The Morgan fingerprint density at radius 2 is 2.18 bits per heavy atom. The van der Waals surface area contributed by atoms with E-state index in [9.17, 15) is 0 Å². The topological polar surface area (TPSA) is 74.1 Å². The van der Waals surface area contributed by atoms with Crippen LogP contribution in [0.1, 0.15) is 12.0 Å². The van der Waals surface area contributed by atoms with E-state index in [2.05, 4.69) is 32.9 Å². The van der Waals surface area contributed by atoms with E-state index in [0.717, 1.165) is 18.7 Å². The van der Waals surface area contributed by atoms with Gasteiger partial charge >= 0.3 is 0 Å². The second-order valence-electron chi connectivity index (χ2n) is 5.18. The van der Waals surface area contributed by atoms with Gasteiger partial charge in [0.25, 0.3) is 0 Å². The number of hydrogen-bond donors (Lipinski definition) is 1. The molecule has 22 heavy (non-hydrogen) atoms. The van der Waals surface area contributed by atoms with Crippen LogP contribution in [-0.2, 0) is 21.4 Å². The molecule has 3 rings (SSSR count). The van der Waals surface area contributed by atoms with Crippen LogP contribution in [0, 0.1) is 0 Å². The van der Waals surface area contributed by atoms with E-state index >= 15 is 0 Å². The van der Waals surface area contributed by atoms with Gasteiger partial charge in [-0.15, -0.1) is 15.0 Å². The lowest BCUT2D eigenvalue weighted by Crippen LogP contribution is -2.42. The lowest BCUT2D eigenvalue weighted by Gasteiger charge is -2.32. The Morgan fingerprint density at radius 3 is 2.82 bits per heavy atom. The van der Waals surface area contributed by atoms with Crippen molar-refractivity contribution >= 4 is 0 Å². The third-order valence-electron chi connectivity index (χ3n) is 3.79. The second-order valence-corrected chi connectivity index (χ2v) is 5.18. The zero-order valence-corrected chi connectivity index (χ0v) is 12.5. The highest BCUT2D eigenvalue weighted by Gasteiger charge is 2.42. The molecule has 1 aromatic heterocycles. The maximum absolute atomic E-state index is 5.69. The minimum Gasteiger partial charge on any atom is -0.462 e. The average Bonchev–Trinajstić information content (AvgIpc) is 3.25. The van der Waals surface area contributed by atoms with Crippen LogP contribution in [0.2, 0.25) is 0 Å². The van der Waals surface area contributed by atoms with E-state index in [1.54, 1.807) is 11.1 Å². The fourth-order valence-corrected chi connectivity index (χ4v) is 2.68. The summed E-state index contributed by atoms with van der Waals surface area (Å²) >= 11 is 0. The van der Waals surface area contributed by atoms with Gasteiger partial charge in [-0.05, 0) is 30.8 Å². The lowest BCUT2D eigenvalue weighted by atomic mass is 9.86. The van der Waals surface area contributed by atoms with Gasteiger partial charge in [0, 0.05) is 6.42 Å². The van der Waals surface area contributed by atoms with Gasteiger partial charge in [0.05, 0.1) is 0 Å². The lowest BCUT2D eigenvalue weighted by molar-refractivity contribution is 0.0471. The molecule has 0 fully saturated rings. The first-order valence-corrected chi connectivity index (χ1v) is 7.22. The molecule has 1 atom stereocenters. The van der Waals surface area contributed by atoms with Crippen LogP contribution in [0.5, 0.6) is 0 Å². The third-order valence-corrected chi connectivity index (χ3v) is 3.79. The van der Waals surface area contributed by atoms with Crippen LogP contribution in [0.15, 0.2) is 48.7 Å². The molecule has 0 radical (unpaired) electrons. The summed E-state index contributed by atoms with van der Waals surface area (Å²) in [6.07, 6.45) is 4.54. The smallest absolute Gasteiger partial charge is 0.229 e. The first kappa shape index (κ1) is 14.5. The Hall–Kier alpha value is -2.41. The Bertz CT molecular complexity index is 614. The highest BCUT2D eigenvalue weighted by atomic mass is 16.7. The summed E-state index contributed by atoms with van der Waals surface area (Å²) in [6.45, 7) is 1.01. The van der Waals surface area contributed by atoms with Crippen molar-refractivity contribution in [1.82, 2.24) is 25.5 Å². The van der Waals surface area contributed by atoms with Gasteiger partial charge in [0.15, 0.2) is 12.1 Å². The van der Waals surface area contributed by atoms with Crippen LogP contribution in [0.3, 0.4) is 0 Å². The van der Waals surface area contributed by atoms with Crippen molar-refractivity contribution in [3.8, 4) is 0 Å². The molecule has 7 heteroatoms. The molecule has 116 valence electrons. The molecule has 1 aromatic carbocycles. The molecule has 1 unspecified atom stereocenters. The van der Waals surface area contributed by atoms with Gasteiger partial charge in [-0.2, -0.15) is 0 Å². The number of allylic oxidation sites excluding steroid dienone is 1. The van der Waals surface area contributed by atoms with E-state index in [-0.39, 0.29) is 6.79 Å². The van der Waals surface area contributed by atoms with Crippen LogP contribution in [0.25, 0.3) is 0 Å². The maximum Gasteiger partial charge on any atom is 0.229 e. The van der Waals surface area contributed by atoms with E-state index in [1.165, 1.54) is 11.9 Å². The molecule has 0 bridgehead atoms. The maximum atomic E-state index is 5.69. The fourth-order valence-electron chi connectivity index (χ4n) is 2.68. The fraction of sp³-hybridized carbons (Fsp3) is 0.400. The molecule has 1 aliphatic heterocycles. The first-order valence-electron chi connectivity index (χ1n) is 7.22. The minimum absolute atomic E-state index is 0.222. The Kier molecular flexibility index (Phi) is 4.34. The molecule has 0 aliphatic carbocycles. The Morgan fingerprint density at radius 1 is 1.32 bits per heavy atom. The van der Waals surface area contributed by atoms with Crippen LogP contribution >= 0.6 is 0 Å². The number of nitrogens with zero attached hydrogens (tertiary/aromatic N) is 4. The number of aromatic nitrogens is 4. The van der Waals surface area contributed by atoms with Gasteiger partial charge in [-0.1, -0.05) is 30.3 Å². The van der Waals surface area contributed by atoms with Gasteiger partial charge < -0.3 is 14.8 Å². The quantitative estimate of drug-likeness (QED) is 0.824. The molecule has 0 saturated carbocycles. The first-order chi connectivity index (χ1) is 10.8. The summed E-state index contributed by atoms with van der Waals surface area (Å²) in [5.41, 5.74) is 0.615. The molecule has 2 heterocycles. The van der Waals surface area contributed by atoms with Crippen molar-refractivity contribution < 1.29 is 9.47 Å². The Labute approximate surface area is 128 Å².